The molecule has 4 heterocycles. The van der Waals surface area contributed by atoms with Crippen LogP contribution < -0.4 is 9.80 Å². The van der Waals surface area contributed by atoms with Crippen molar-refractivity contribution in [3.05, 3.63) is 29.7 Å². The van der Waals surface area contributed by atoms with Crippen LogP contribution in [0.1, 0.15) is 48.8 Å². The highest BCUT2D eigenvalue weighted by molar-refractivity contribution is 7.09. The molecule has 0 saturated carbocycles. The summed E-state index contributed by atoms with van der Waals surface area (Å²) in [5.41, 5.74) is 0.738. The van der Waals surface area contributed by atoms with Crippen molar-refractivity contribution in [3.63, 3.8) is 0 Å². The van der Waals surface area contributed by atoms with E-state index in [1.165, 1.54) is 18.0 Å². The molecule has 2 fully saturated rings. The van der Waals surface area contributed by atoms with Gasteiger partial charge >= 0.3 is 0 Å². The lowest BCUT2D eigenvalue weighted by atomic mass is 10.1. The number of rotatable bonds is 4. The minimum atomic E-state index is 0.126. The molecule has 0 spiro atoms. The summed E-state index contributed by atoms with van der Waals surface area (Å²) in [5, 5.41) is 1.00. The lowest BCUT2D eigenvalue weighted by Gasteiger charge is -2.29. The maximum absolute atomic E-state index is 13.1. The van der Waals surface area contributed by atoms with Gasteiger partial charge in [0.25, 0.3) is 5.91 Å². The maximum atomic E-state index is 13.1. The molecule has 2 aliphatic heterocycles. The Morgan fingerprint density at radius 3 is 2.61 bits per heavy atom. The van der Waals surface area contributed by atoms with Gasteiger partial charge in [-0.1, -0.05) is 6.92 Å². The Balaban J connectivity index is 1.49. The highest BCUT2D eigenvalue weighted by Crippen LogP contribution is 2.24. The van der Waals surface area contributed by atoms with E-state index < -0.39 is 0 Å². The smallest absolute Gasteiger partial charge is 0.257 e. The molecule has 28 heavy (non-hydrogen) atoms. The van der Waals surface area contributed by atoms with E-state index in [9.17, 15) is 4.79 Å². The average Bonchev–Trinajstić information content (AvgIpc) is 3.11. The molecular weight excluding hydrogens is 372 g/mol. The molecule has 0 N–H and O–H groups in total. The monoisotopic (exact) mass is 400 g/mol. The fraction of sp³-hybridized carbons (Fsp3) is 0.600. The summed E-state index contributed by atoms with van der Waals surface area (Å²) in [6.07, 6.45) is 7.09. The van der Waals surface area contributed by atoms with Crippen LogP contribution in [0.3, 0.4) is 0 Å². The molecule has 0 aliphatic carbocycles. The molecule has 2 aromatic rings. The molecular formula is C20H28N6OS. The predicted octanol–water partition coefficient (Wildman–Crippen LogP) is 2.84. The van der Waals surface area contributed by atoms with Crippen LogP contribution in [0.15, 0.2) is 18.3 Å². The summed E-state index contributed by atoms with van der Waals surface area (Å²) in [4.78, 5) is 28.9. The number of hydrogen-bond donors (Lipinski definition) is 0. The second kappa shape index (κ2) is 8.86. The number of nitrogens with zero attached hydrogens (tertiary/aromatic N) is 6. The van der Waals surface area contributed by atoms with E-state index >= 15 is 0 Å². The van der Waals surface area contributed by atoms with Crippen LogP contribution in [0.4, 0.5) is 10.9 Å². The fourth-order valence-corrected chi connectivity index (χ4v) is 4.72. The van der Waals surface area contributed by atoms with E-state index in [1.807, 2.05) is 17.0 Å². The molecule has 2 aromatic heterocycles. The maximum Gasteiger partial charge on any atom is 0.257 e. The van der Waals surface area contributed by atoms with Crippen LogP contribution in [0.2, 0.25) is 0 Å². The molecule has 150 valence electrons. The Morgan fingerprint density at radius 1 is 1.04 bits per heavy atom. The number of hydrogen-bond acceptors (Lipinski definition) is 7. The van der Waals surface area contributed by atoms with Gasteiger partial charge in [0.2, 0.25) is 5.13 Å². The molecule has 8 heteroatoms. The van der Waals surface area contributed by atoms with Crippen molar-refractivity contribution in [1.29, 1.82) is 0 Å². The average molecular weight is 401 g/mol. The molecule has 0 radical (unpaired) electrons. The first-order valence-corrected chi connectivity index (χ1v) is 11.1. The second-order valence-electron chi connectivity index (χ2n) is 7.40. The van der Waals surface area contributed by atoms with Gasteiger partial charge in [-0.2, -0.15) is 4.37 Å². The van der Waals surface area contributed by atoms with E-state index in [2.05, 4.69) is 31.1 Å². The number of aromatic nitrogens is 3. The number of piperidine rings is 1. The zero-order valence-electron chi connectivity index (χ0n) is 16.5. The Morgan fingerprint density at radius 2 is 1.82 bits per heavy atom. The van der Waals surface area contributed by atoms with Gasteiger partial charge in [0, 0.05) is 63.4 Å². The summed E-state index contributed by atoms with van der Waals surface area (Å²) in [6, 6.07) is 3.80. The molecule has 0 unspecified atom stereocenters. The van der Waals surface area contributed by atoms with E-state index in [1.54, 1.807) is 6.20 Å². The number of carbonyl (C=O) groups excluding carboxylic acids is 1. The molecule has 1 amide bonds. The van der Waals surface area contributed by atoms with Crippen molar-refractivity contribution in [2.24, 2.45) is 0 Å². The van der Waals surface area contributed by atoms with Crippen LogP contribution in [-0.2, 0) is 6.42 Å². The van der Waals surface area contributed by atoms with Gasteiger partial charge < -0.3 is 14.7 Å². The van der Waals surface area contributed by atoms with Crippen molar-refractivity contribution in [2.45, 2.75) is 39.0 Å². The lowest BCUT2D eigenvalue weighted by molar-refractivity contribution is 0.0724. The lowest BCUT2D eigenvalue weighted by Crippen LogP contribution is -2.38. The third-order valence-electron chi connectivity index (χ3n) is 5.50. The van der Waals surface area contributed by atoms with Crippen LogP contribution in [0.25, 0.3) is 0 Å². The van der Waals surface area contributed by atoms with Crippen molar-refractivity contribution >= 4 is 28.4 Å². The molecule has 7 nitrogen and oxygen atoms in total. The van der Waals surface area contributed by atoms with Crippen LogP contribution in [0.5, 0.6) is 0 Å². The summed E-state index contributed by atoms with van der Waals surface area (Å²) in [5.74, 6) is 1.87. The number of likely N-dealkylation sites (tertiary alicyclic amines) is 1. The molecule has 0 atom stereocenters. The first-order chi connectivity index (χ1) is 13.8. The van der Waals surface area contributed by atoms with Gasteiger partial charge in [-0.25, -0.2) is 9.97 Å². The van der Waals surface area contributed by atoms with Crippen molar-refractivity contribution < 1.29 is 4.79 Å². The second-order valence-corrected chi connectivity index (χ2v) is 8.13. The first-order valence-electron chi connectivity index (χ1n) is 10.3. The third-order valence-corrected chi connectivity index (χ3v) is 6.31. The summed E-state index contributed by atoms with van der Waals surface area (Å²) in [6.45, 7) is 7.35. The third kappa shape index (κ3) is 4.11. The number of aryl methyl sites for hydroxylation is 1. The first kappa shape index (κ1) is 19.1. The van der Waals surface area contributed by atoms with Gasteiger partial charge in [0.1, 0.15) is 11.6 Å². The largest absolute Gasteiger partial charge is 0.354 e. The zero-order chi connectivity index (χ0) is 19.3. The van der Waals surface area contributed by atoms with Gasteiger partial charge in [-0.05, 0) is 37.8 Å². The Labute approximate surface area is 170 Å². The fourth-order valence-electron chi connectivity index (χ4n) is 3.92. The SMILES string of the molecule is CCc1nsc(N2CCCN(c3ncccc3C(=O)N3CCCCC3)CC2)n1. The Hall–Kier alpha value is -2.22. The van der Waals surface area contributed by atoms with Crippen LogP contribution >= 0.6 is 11.5 Å². The van der Waals surface area contributed by atoms with E-state index in [0.29, 0.717) is 0 Å². The van der Waals surface area contributed by atoms with E-state index in [0.717, 1.165) is 87.3 Å². The molecule has 2 saturated heterocycles. The van der Waals surface area contributed by atoms with Gasteiger partial charge in [0.05, 0.1) is 5.56 Å². The van der Waals surface area contributed by atoms with Gasteiger partial charge in [-0.15, -0.1) is 0 Å². The predicted molar refractivity (Wildman–Crippen MR) is 112 cm³/mol. The quantitative estimate of drug-likeness (QED) is 0.786. The number of anilines is 2. The molecule has 2 aliphatic rings. The number of pyridine rings is 1. The standard InChI is InChI=1S/C20H28N6OS/c1-2-17-22-20(28-23-17)26-13-7-12-24(14-15-26)18-16(8-6-9-21-18)19(27)25-10-4-3-5-11-25/h6,8-9H,2-5,7,10-15H2,1H3. The number of carbonyl (C=O) groups is 1. The summed E-state index contributed by atoms with van der Waals surface area (Å²) < 4.78 is 4.42. The van der Waals surface area contributed by atoms with Crippen LogP contribution in [-0.4, -0.2) is 64.4 Å². The van der Waals surface area contributed by atoms with Crippen molar-refractivity contribution in [3.8, 4) is 0 Å². The normalized spacial score (nSPS) is 18.2. The topological polar surface area (TPSA) is 65.5 Å². The molecule has 0 bridgehead atoms. The molecule has 4 rings (SSSR count). The Bertz CT molecular complexity index is 803. The minimum Gasteiger partial charge on any atom is -0.354 e. The van der Waals surface area contributed by atoms with E-state index in [-0.39, 0.29) is 5.91 Å². The highest BCUT2D eigenvalue weighted by atomic mass is 32.1. The van der Waals surface area contributed by atoms with Crippen molar-refractivity contribution in [1.82, 2.24) is 19.2 Å². The van der Waals surface area contributed by atoms with Crippen molar-refractivity contribution in [2.75, 3.05) is 49.1 Å². The Kier molecular flexibility index (Phi) is 6.04. The molecule has 0 aromatic carbocycles. The summed E-state index contributed by atoms with van der Waals surface area (Å²) in [7, 11) is 0. The highest BCUT2D eigenvalue weighted by Gasteiger charge is 2.25. The zero-order valence-corrected chi connectivity index (χ0v) is 17.3. The van der Waals surface area contributed by atoms with E-state index in [4.69, 9.17) is 0 Å². The minimum absolute atomic E-state index is 0.126. The van der Waals surface area contributed by atoms with Gasteiger partial charge in [-0.3, -0.25) is 4.79 Å². The van der Waals surface area contributed by atoms with Crippen LogP contribution in [0, 0.1) is 0 Å². The van der Waals surface area contributed by atoms with Gasteiger partial charge in [0.15, 0.2) is 0 Å². The summed E-state index contributed by atoms with van der Waals surface area (Å²) >= 11 is 1.48. The number of amides is 1.